The summed E-state index contributed by atoms with van der Waals surface area (Å²) >= 11 is 0. The van der Waals surface area contributed by atoms with Crippen molar-refractivity contribution in [3.8, 4) is 0 Å². The van der Waals surface area contributed by atoms with E-state index < -0.39 is 6.29 Å². The van der Waals surface area contributed by atoms with Crippen LogP contribution in [0.3, 0.4) is 0 Å². The van der Waals surface area contributed by atoms with Crippen molar-refractivity contribution in [2.75, 3.05) is 6.61 Å². The molecular weight excluding hydrogens is 144 g/mol. The Morgan fingerprint density at radius 1 is 1.82 bits per heavy atom. The largest absolute Gasteiger partial charge is 0.458 e. The van der Waals surface area contributed by atoms with Gasteiger partial charge in [-0.2, -0.15) is 0 Å². The van der Waals surface area contributed by atoms with E-state index in [1.807, 2.05) is 6.92 Å². The normalized spacial score (nSPS) is 23.5. The second kappa shape index (κ2) is 3.34. The molecule has 60 valence electrons. The monoisotopic (exact) mass is 154 g/mol. The molecule has 1 aliphatic heterocycles. The van der Waals surface area contributed by atoms with E-state index in [4.69, 9.17) is 9.47 Å². The summed E-state index contributed by atoms with van der Waals surface area (Å²) in [5.41, 5.74) is 0. The zero-order valence-electron chi connectivity index (χ0n) is 6.37. The van der Waals surface area contributed by atoms with Gasteiger partial charge in [-0.15, -0.1) is 0 Å². The lowest BCUT2D eigenvalue weighted by Gasteiger charge is -2.18. The fourth-order valence-electron chi connectivity index (χ4n) is 0.750. The van der Waals surface area contributed by atoms with Gasteiger partial charge in [-0.25, -0.2) is 0 Å². The minimum atomic E-state index is -0.440. The number of ether oxygens (including phenoxy) is 2. The first-order valence-corrected chi connectivity index (χ1v) is 3.43. The average Bonchev–Trinajstić information content (AvgIpc) is 1.98. The third-order valence-electron chi connectivity index (χ3n) is 1.27. The quantitative estimate of drug-likeness (QED) is 0.557. The highest BCUT2D eigenvalue weighted by Gasteiger charge is 2.16. The number of hydrogen-bond acceptors (Lipinski definition) is 3. The molecule has 0 radical (unpaired) electrons. The number of rotatable bonds is 2. The van der Waals surface area contributed by atoms with Gasteiger partial charge in [0.2, 0.25) is 12.1 Å². The van der Waals surface area contributed by atoms with Crippen LogP contribution < -0.4 is 0 Å². The van der Waals surface area contributed by atoms with Crippen molar-refractivity contribution in [3.63, 3.8) is 0 Å². The summed E-state index contributed by atoms with van der Waals surface area (Å²) in [6.07, 6.45) is 2.54. The van der Waals surface area contributed by atoms with Crippen LogP contribution in [0, 0.1) is 0 Å². The van der Waals surface area contributed by atoms with Crippen LogP contribution >= 0.6 is 0 Å². The molecule has 0 aliphatic carbocycles. The molecule has 0 saturated heterocycles. The Hall–Kier alpha value is -1.09. The van der Waals surface area contributed by atoms with Crippen LogP contribution in [-0.2, 0) is 14.3 Å². The van der Waals surface area contributed by atoms with Crippen molar-refractivity contribution in [1.29, 1.82) is 0 Å². The summed E-state index contributed by atoms with van der Waals surface area (Å²) in [5, 5.41) is 0. The molecule has 0 saturated carbocycles. The minimum absolute atomic E-state index is 0.144. The molecular formula is C8H10O3. The van der Waals surface area contributed by atoms with Gasteiger partial charge in [0.05, 0.1) is 0 Å². The van der Waals surface area contributed by atoms with E-state index in [1.165, 1.54) is 6.08 Å². The van der Waals surface area contributed by atoms with Gasteiger partial charge in [0.1, 0.15) is 0 Å². The SMILES string of the molecule is C=C1OC(OCC)C=CC1=O. The summed E-state index contributed by atoms with van der Waals surface area (Å²) in [6.45, 7) is 5.83. The van der Waals surface area contributed by atoms with Gasteiger partial charge in [0.25, 0.3) is 0 Å². The van der Waals surface area contributed by atoms with Crippen molar-refractivity contribution in [2.45, 2.75) is 13.2 Å². The van der Waals surface area contributed by atoms with Gasteiger partial charge in [-0.3, -0.25) is 4.79 Å². The molecule has 0 aromatic rings. The molecule has 3 nitrogen and oxygen atoms in total. The minimum Gasteiger partial charge on any atom is -0.458 e. The Kier molecular flexibility index (Phi) is 2.44. The summed E-state index contributed by atoms with van der Waals surface area (Å²) in [6, 6.07) is 0. The van der Waals surface area contributed by atoms with Gasteiger partial charge in [0, 0.05) is 6.61 Å². The van der Waals surface area contributed by atoms with E-state index in [2.05, 4.69) is 6.58 Å². The van der Waals surface area contributed by atoms with Crippen molar-refractivity contribution in [2.24, 2.45) is 0 Å². The average molecular weight is 154 g/mol. The third-order valence-corrected chi connectivity index (χ3v) is 1.27. The van der Waals surface area contributed by atoms with Gasteiger partial charge >= 0.3 is 0 Å². The van der Waals surface area contributed by atoms with Crippen LogP contribution in [0.4, 0.5) is 0 Å². The Labute approximate surface area is 65.3 Å². The molecule has 1 heterocycles. The van der Waals surface area contributed by atoms with Gasteiger partial charge < -0.3 is 9.47 Å². The standard InChI is InChI=1S/C8H10O3/c1-3-10-8-5-4-7(9)6(2)11-8/h4-5,8H,2-3H2,1H3. The Morgan fingerprint density at radius 2 is 2.55 bits per heavy atom. The van der Waals surface area contributed by atoms with Crippen LogP contribution in [0.1, 0.15) is 6.92 Å². The number of carbonyl (C=O) groups is 1. The Morgan fingerprint density at radius 3 is 3.09 bits per heavy atom. The fraction of sp³-hybridized carbons (Fsp3) is 0.375. The van der Waals surface area contributed by atoms with Crippen LogP contribution in [0.15, 0.2) is 24.5 Å². The molecule has 1 rings (SSSR count). The molecule has 11 heavy (non-hydrogen) atoms. The second-order valence-electron chi connectivity index (χ2n) is 2.09. The number of hydrogen-bond donors (Lipinski definition) is 0. The summed E-state index contributed by atoms with van der Waals surface area (Å²) in [7, 11) is 0. The van der Waals surface area contributed by atoms with Crippen molar-refractivity contribution in [1.82, 2.24) is 0 Å². The molecule has 0 N–H and O–H groups in total. The molecule has 1 aliphatic rings. The molecule has 0 amide bonds. The van der Waals surface area contributed by atoms with Crippen molar-refractivity contribution in [3.05, 3.63) is 24.5 Å². The summed E-state index contributed by atoms with van der Waals surface area (Å²) in [4.78, 5) is 10.8. The highest BCUT2D eigenvalue weighted by molar-refractivity contribution is 6.02. The smallest absolute Gasteiger partial charge is 0.220 e. The second-order valence-corrected chi connectivity index (χ2v) is 2.09. The lowest BCUT2D eigenvalue weighted by Crippen LogP contribution is -2.21. The third kappa shape index (κ3) is 1.91. The van der Waals surface area contributed by atoms with E-state index in [0.29, 0.717) is 6.61 Å². The molecule has 0 fully saturated rings. The number of ketones is 1. The first-order chi connectivity index (χ1) is 5.24. The first kappa shape index (κ1) is 8.01. The van der Waals surface area contributed by atoms with Crippen LogP contribution in [0.5, 0.6) is 0 Å². The van der Waals surface area contributed by atoms with Gasteiger partial charge in [-0.05, 0) is 19.1 Å². The maximum Gasteiger partial charge on any atom is 0.220 e. The highest BCUT2D eigenvalue weighted by Crippen LogP contribution is 2.11. The van der Waals surface area contributed by atoms with Crippen LogP contribution in [-0.4, -0.2) is 18.7 Å². The van der Waals surface area contributed by atoms with E-state index >= 15 is 0 Å². The first-order valence-electron chi connectivity index (χ1n) is 3.43. The maximum absolute atomic E-state index is 10.8. The number of carbonyl (C=O) groups excluding carboxylic acids is 1. The molecule has 0 aromatic carbocycles. The maximum atomic E-state index is 10.8. The molecule has 3 heteroatoms. The van der Waals surface area contributed by atoms with E-state index in [0.717, 1.165) is 0 Å². The van der Waals surface area contributed by atoms with Crippen LogP contribution in [0.25, 0.3) is 0 Å². The molecule has 0 aromatic heterocycles. The lowest BCUT2D eigenvalue weighted by atomic mass is 10.2. The summed E-state index contributed by atoms with van der Waals surface area (Å²) < 4.78 is 10.1. The lowest BCUT2D eigenvalue weighted by molar-refractivity contribution is -0.126. The Balaban J connectivity index is 2.56. The highest BCUT2D eigenvalue weighted by atomic mass is 16.7. The van der Waals surface area contributed by atoms with E-state index in [9.17, 15) is 4.79 Å². The molecule has 1 unspecified atom stereocenters. The van der Waals surface area contributed by atoms with Crippen molar-refractivity contribution >= 4 is 5.78 Å². The van der Waals surface area contributed by atoms with Gasteiger partial charge in [0.15, 0.2) is 5.76 Å². The van der Waals surface area contributed by atoms with E-state index in [-0.39, 0.29) is 11.5 Å². The van der Waals surface area contributed by atoms with Gasteiger partial charge in [-0.1, -0.05) is 6.58 Å². The predicted octanol–water partition coefficient (Wildman–Crippen LogP) is 1.02. The topological polar surface area (TPSA) is 35.5 Å². The number of allylic oxidation sites excluding steroid dienone is 1. The predicted molar refractivity (Wildman–Crippen MR) is 39.8 cm³/mol. The zero-order chi connectivity index (χ0) is 8.27. The molecule has 1 atom stereocenters. The van der Waals surface area contributed by atoms with E-state index in [1.54, 1.807) is 6.08 Å². The molecule has 0 spiro atoms. The molecule has 0 bridgehead atoms. The fourth-order valence-corrected chi connectivity index (χ4v) is 0.750. The zero-order valence-corrected chi connectivity index (χ0v) is 6.37. The van der Waals surface area contributed by atoms with Crippen molar-refractivity contribution < 1.29 is 14.3 Å². The van der Waals surface area contributed by atoms with Crippen LogP contribution in [0.2, 0.25) is 0 Å². The Bertz CT molecular complexity index is 205. The summed E-state index contributed by atoms with van der Waals surface area (Å²) in [5.74, 6) is -0.0492.